The number of fused-ring (bicyclic) bond motifs is 3. The second kappa shape index (κ2) is 10.7. The summed E-state index contributed by atoms with van der Waals surface area (Å²) in [6.07, 6.45) is 11.6. The Hall–Kier alpha value is -3.01. The first-order valence-corrected chi connectivity index (χ1v) is 12.0. The Balaban J connectivity index is 1.45. The van der Waals surface area contributed by atoms with Gasteiger partial charge in [-0.1, -0.05) is 88.3 Å². The van der Waals surface area contributed by atoms with E-state index in [0.29, 0.717) is 16.2 Å². The van der Waals surface area contributed by atoms with Gasteiger partial charge in [0, 0.05) is 10.8 Å². The van der Waals surface area contributed by atoms with E-state index in [2.05, 4.69) is 31.2 Å². The first-order valence-electron chi connectivity index (χ1n) is 12.0. The first kappa shape index (κ1) is 23.2. The third kappa shape index (κ3) is 5.32. The normalized spacial score (nSPS) is 11.5. The van der Waals surface area contributed by atoms with Crippen LogP contribution in [0.15, 0.2) is 63.8 Å². The molecule has 0 aliphatic carbocycles. The van der Waals surface area contributed by atoms with Crippen LogP contribution in [0.3, 0.4) is 0 Å². The van der Waals surface area contributed by atoms with Crippen LogP contribution in [0.2, 0.25) is 0 Å². The maximum absolute atomic E-state index is 14.1. The molecule has 0 saturated heterocycles. The minimum Gasteiger partial charge on any atom is -0.419 e. The lowest BCUT2D eigenvalue weighted by molar-refractivity contribution is 0.480. The molecular formula is C29H30F2O2. The zero-order valence-corrected chi connectivity index (χ0v) is 19.1. The van der Waals surface area contributed by atoms with Gasteiger partial charge in [-0.25, -0.2) is 9.18 Å². The minimum absolute atomic E-state index is 0.342. The lowest BCUT2D eigenvalue weighted by Crippen LogP contribution is -2.02. The van der Waals surface area contributed by atoms with Crippen molar-refractivity contribution in [2.75, 3.05) is 0 Å². The number of rotatable bonds is 10. The zero-order chi connectivity index (χ0) is 23.2. The van der Waals surface area contributed by atoms with Crippen LogP contribution in [0.5, 0.6) is 0 Å². The maximum Gasteiger partial charge on any atom is 0.344 e. The number of benzene rings is 3. The van der Waals surface area contributed by atoms with Gasteiger partial charge < -0.3 is 4.42 Å². The molecule has 1 aromatic heterocycles. The highest BCUT2D eigenvalue weighted by atomic mass is 19.2. The van der Waals surface area contributed by atoms with Crippen LogP contribution < -0.4 is 5.63 Å². The largest absolute Gasteiger partial charge is 0.419 e. The Morgan fingerprint density at radius 3 is 2.06 bits per heavy atom. The standard InChI is InChI=1S/C29H30F2O2/c1-2-3-4-5-6-7-8-9-10-20-11-13-21(14-12-20)22-15-16-23-24-17-18-26(30)27(31)28(24)33-29(32)25(23)19-22/h11-19H,2-10H2,1H3. The molecule has 4 aromatic rings. The van der Waals surface area contributed by atoms with Crippen molar-refractivity contribution in [2.24, 2.45) is 0 Å². The van der Waals surface area contributed by atoms with Gasteiger partial charge in [-0.2, -0.15) is 4.39 Å². The van der Waals surface area contributed by atoms with Crippen molar-refractivity contribution >= 4 is 21.7 Å². The van der Waals surface area contributed by atoms with E-state index in [4.69, 9.17) is 4.42 Å². The fraction of sp³-hybridized carbons (Fsp3) is 0.345. The summed E-state index contributed by atoms with van der Waals surface area (Å²) in [6, 6.07) is 16.3. The van der Waals surface area contributed by atoms with Gasteiger partial charge >= 0.3 is 5.63 Å². The lowest BCUT2D eigenvalue weighted by atomic mass is 9.98. The van der Waals surface area contributed by atoms with E-state index in [1.54, 1.807) is 12.1 Å². The predicted molar refractivity (Wildman–Crippen MR) is 132 cm³/mol. The van der Waals surface area contributed by atoms with Crippen molar-refractivity contribution in [1.29, 1.82) is 0 Å². The Labute approximate surface area is 193 Å². The highest BCUT2D eigenvalue weighted by Gasteiger charge is 2.15. The molecule has 3 aromatic carbocycles. The molecule has 33 heavy (non-hydrogen) atoms. The summed E-state index contributed by atoms with van der Waals surface area (Å²) in [7, 11) is 0. The molecule has 0 N–H and O–H groups in total. The van der Waals surface area contributed by atoms with Crippen LogP contribution >= 0.6 is 0 Å². The molecule has 0 aliphatic rings. The lowest BCUT2D eigenvalue weighted by Gasteiger charge is -2.08. The van der Waals surface area contributed by atoms with Gasteiger partial charge in [0.2, 0.25) is 5.82 Å². The molecule has 172 valence electrons. The van der Waals surface area contributed by atoms with E-state index in [1.807, 2.05) is 6.07 Å². The van der Waals surface area contributed by atoms with E-state index >= 15 is 0 Å². The quantitative estimate of drug-likeness (QED) is 0.138. The van der Waals surface area contributed by atoms with Gasteiger partial charge in [-0.15, -0.1) is 0 Å². The average molecular weight is 449 g/mol. The summed E-state index contributed by atoms with van der Waals surface area (Å²) in [6.45, 7) is 2.25. The van der Waals surface area contributed by atoms with Gasteiger partial charge in [0.15, 0.2) is 11.4 Å². The molecule has 0 unspecified atom stereocenters. The summed E-state index contributed by atoms with van der Waals surface area (Å²) in [5.41, 5.74) is 2.19. The third-order valence-corrected chi connectivity index (χ3v) is 6.38. The Bertz CT molecular complexity index is 1290. The van der Waals surface area contributed by atoms with Crippen LogP contribution in [0.4, 0.5) is 8.78 Å². The van der Waals surface area contributed by atoms with Crippen molar-refractivity contribution in [3.8, 4) is 11.1 Å². The van der Waals surface area contributed by atoms with E-state index in [0.717, 1.165) is 23.6 Å². The smallest absolute Gasteiger partial charge is 0.344 e. The van der Waals surface area contributed by atoms with Crippen molar-refractivity contribution in [1.82, 2.24) is 0 Å². The second-order valence-corrected chi connectivity index (χ2v) is 8.81. The van der Waals surface area contributed by atoms with Crippen LogP contribution in [-0.2, 0) is 6.42 Å². The molecule has 0 bridgehead atoms. The molecule has 0 amide bonds. The van der Waals surface area contributed by atoms with Crippen molar-refractivity contribution in [3.05, 3.63) is 82.2 Å². The van der Waals surface area contributed by atoms with E-state index in [1.165, 1.54) is 63.0 Å². The maximum atomic E-state index is 14.1. The van der Waals surface area contributed by atoms with E-state index < -0.39 is 17.3 Å². The average Bonchev–Trinajstić information content (AvgIpc) is 2.84. The number of hydrogen-bond donors (Lipinski definition) is 0. The van der Waals surface area contributed by atoms with Crippen LogP contribution in [-0.4, -0.2) is 0 Å². The topological polar surface area (TPSA) is 30.2 Å². The number of aryl methyl sites for hydroxylation is 1. The molecule has 0 spiro atoms. The fourth-order valence-corrected chi connectivity index (χ4v) is 4.45. The fourth-order valence-electron chi connectivity index (χ4n) is 4.45. The molecule has 1 heterocycles. The van der Waals surface area contributed by atoms with Crippen molar-refractivity contribution < 1.29 is 13.2 Å². The summed E-state index contributed by atoms with van der Waals surface area (Å²) in [5, 5.41) is 1.29. The van der Waals surface area contributed by atoms with E-state index in [-0.39, 0.29) is 5.58 Å². The molecular weight excluding hydrogens is 418 g/mol. The summed E-state index contributed by atoms with van der Waals surface area (Å²) in [4.78, 5) is 12.5. The van der Waals surface area contributed by atoms with E-state index in [9.17, 15) is 13.6 Å². The Morgan fingerprint density at radius 2 is 1.33 bits per heavy atom. The number of halogens is 2. The summed E-state index contributed by atoms with van der Waals surface area (Å²) in [5.74, 6) is -2.17. The first-order chi connectivity index (χ1) is 16.1. The second-order valence-electron chi connectivity index (χ2n) is 8.81. The van der Waals surface area contributed by atoms with Gasteiger partial charge in [0.25, 0.3) is 0 Å². The molecule has 0 aliphatic heterocycles. The molecule has 0 saturated carbocycles. The molecule has 2 nitrogen and oxygen atoms in total. The predicted octanol–water partition coefficient (Wildman–Crippen LogP) is 8.57. The van der Waals surface area contributed by atoms with Gasteiger partial charge in [-0.3, -0.25) is 0 Å². The highest BCUT2D eigenvalue weighted by Crippen LogP contribution is 2.30. The highest BCUT2D eigenvalue weighted by molar-refractivity contribution is 6.05. The van der Waals surface area contributed by atoms with Gasteiger partial charge in [-0.05, 0) is 47.7 Å². The Kier molecular flexibility index (Phi) is 7.54. The summed E-state index contributed by atoms with van der Waals surface area (Å²) < 4.78 is 32.7. The molecule has 0 atom stereocenters. The number of hydrogen-bond acceptors (Lipinski definition) is 2. The molecule has 4 heteroatoms. The summed E-state index contributed by atoms with van der Waals surface area (Å²) >= 11 is 0. The Morgan fingerprint density at radius 1 is 0.697 bits per heavy atom. The molecule has 0 fully saturated rings. The monoisotopic (exact) mass is 448 g/mol. The molecule has 0 radical (unpaired) electrons. The van der Waals surface area contributed by atoms with Crippen LogP contribution in [0, 0.1) is 11.6 Å². The van der Waals surface area contributed by atoms with Gasteiger partial charge in [0.1, 0.15) is 0 Å². The molecule has 4 rings (SSSR count). The minimum atomic E-state index is -1.14. The van der Waals surface area contributed by atoms with Gasteiger partial charge in [0.05, 0.1) is 5.39 Å². The van der Waals surface area contributed by atoms with Crippen LogP contribution in [0.1, 0.15) is 63.9 Å². The number of unbranched alkanes of at least 4 members (excludes halogenated alkanes) is 7. The third-order valence-electron chi connectivity index (χ3n) is 6.38. The SMILES string of the molecule is CCCCCCCCCCc1ccc(-c2ccc3c(c2)c(=O)oc2c(F)c(F)ccc23)cc1. The zero-order valence-electron chi connectivity index (χ0n) is 19.1. The van der Waals surface area contributed by atoms with Crippen molar-refractivity contribution in [2.45, 2.75) is 64.7 Å². The van der Waals surface area contributed by atoms with Crippen molar-refractivity contribution in [3.63, 3.8) is 0 Å². The van der Waals surface area contributed by atoms with Crippen LogP contribution in [0.25, 0.3) is 32.9 Å².